The van der Waals surface area contributed by atoms with E-state index in [1.165, 1.54) is 6.26 Å². The molecule has 0 amide bonds. The molecule has 1 aliphatic carbocycles. The van der Waals surface area contributed by atoms with Gasteiger partial charge in [0.15, 0.2) is 11.5 Å². The van der Waals surface area contributed by atoms with Crippen molar-refractivity contribution in [2.45, 2.75) is 38.0 Å². The Hall–Kier alpha value is -2.67. The van der Waals surface area contributed by atoms with Gasteiger partial charge in [-0.05, 0) is 42.7 Å². The maximum atomic E-state index is 12.5. The van der Waals surface area contributed by atoms with Crippen LogP contribution in [0.3, 0.4) is 0 Å². The average molecular weight is 321 g/mol. The lowest BCUT2D eigenvalue weighted by molar-refractivity contribution is -0.125. The van der Waals surface area contributed by atoms with Gasteiger partial charge in [-0.15, -0.1) is 0 Å². The lowest BCUT2D eigenvalue weighted by atomic mass is 9.73. The van der Waals surface area contributed by atoms with E-state index in [1.54, 1.807) is 24.3 Å². The van der Waals surface area contributed by atoms with Crippen molar-refractivity contribution in [2.24, 2.45) is 5.92 Å². The Balaban J connectivity index is 1.89. The number of nitrogens with zero attached hydrogens (tertiary/aromatic N) is 1. The smallest absolute Gasteiger partial charge is 0.198 e. The molecule has 1 heterocycles. The van der Waals surface area contributed by atoms with Crippen molar-refractivity contribution >= 4 is 11.6 Å². The van der Waals surface area contributed by atoms with Crippen LogP contribution in [0.5, 0.6) is 0 Å². The van der Waals surface area contributed by atoms with Gasteiger partial charge in [0.1, 0.15) is 5.78 Å². The average Bonchev–Trinajstić information content (AvgIpc) is 3.15. The molecule has 0 saturated heterocycles. The maximum Gasteiger partial charge on any atom is 0.198 e. The lowest BCUT2D eigenvalue weighted by Crippen LogP contribution is -2.27. The van der Waals surface area contributed by atoms with E-state index in [4.69, 9.17) is 9.68 Å². The van der Waals surface area contributed by atoms with Crippen molar-refractivity contribution in [1.29, 1.82) is 5.26 Å². The second kappa shape index (κ2) is 7.27. The molecule has 3 rings (SSSR count). The fourth-order valence-electron chi connectivity index (χ4n) is 3.47. The molecular weight excluding hydrogens is 302 g/mol. The molecule has 2 atom stereocenters. The number of hydrogen-bond donors (Lipinski definition) is 0. The largest absolute Gasteiger partial charge is 0.461 e. The molecule has 4 heteroatoms. The molecule has 24 heavy (non-hydrogen) atoms. The van der Waals surface area contributed by atoms with Gasteiger partial charge in [0, 0.05) is 24.7 Å². The zero-order chi connectivity index (χ0) is 16.9. The lowest BCUT2D eigenvalue weighted by Gasteiger charge is -2.29. The van der Waals surface area contributed by atoms with Crippen molar-refractivity contribution < 1.29 is 14.0 Å². The molecule has 0 bridgehead atoms. The second-order valence-electron chi connectivity index (χ2n) is 6.26. The molecule has 4 nitrogen and oxygen atoms in total. The number of nitriles is 1. The van der Waals surface area contributed by atoms with Crippen LogP contribution in [0.15, 0.2) is 47.1 Å². The molecule has 2 aromatic rings. The summed E-state index contributed by atoms with van der Waals surface area (Å²) in [5.74, 6) is 0.182. The topological polar surface area (TPSA) is 71.1 Å². The van der Waals surface area contributed by atoms with Gasteiger partial charge in [0.05, 0.1) is 17.9 Å². The molecule has 0 spiro atoms. The minimum absolute atomic E-state index is 0.0901. The van der Waals surface area contributed by atoms with Crippen molar-refractivity contribution in [3.05, 3.63) is 59.5 Å². The number of Topliss-reactive ketones (excluding diaryl/α,β-unsaturated/α-hetero) is 2. The highest BCUT2D eigenvalue weighted by molar-refractivity contribution is 5.94. The summed E-state index contributed by atoms with van der Waals surface area (Å²) >= 11 is 0. The number of benzene rings is 1. The highest BCUT2D eigenvalue weighted by Crippen LogP contribution is 2.37. The summed E-state index contributed by atoms with van der Waals surface area (Å²) in [4.78, 5) is 24.9. The van der Waals surface area contributed by atoms with Crippen LogP contribution in [-0.2, 0) is 4.79 Å². The molecule has 1 aromatic heterocycles. The van der Waals surface area contributed by atoms with Crippen molar-refractivity contribution in [2.75, 3.05) is 0 Å². The summed E-state index contributed by atoms with van der Waals surface area (Å²) in [5.41, 5.74) is 1.51. The minimum atomic E-state index is -0.164. The normalized spacial score (nSPS) is 18.8. The van der Waals surface area contributed by atoms with E-state index in [1.807, 2.05) is 12.1 Å². The van der Waals surface area contributed by atoms with E-state index < -0.39 is 0 Å². The Labute approximate surface area is 141 Å². The fraction of sp³-hybridized carbons (Fsp3) is 0.350. The SMILES string of the molecule is N#Cc1ccc(C(CC(=O)c2ccco2)C2CCCCC2=O)cc1. The Kier molecular flexibility index (Phi) is 4.90. The first-order valence-corrected chi connectivity index (χ1v) is 8.28. The standard InChI is InChI=1S/C20H19NO3/c21-13-14-7-9-15(10-8-14)17(16-4-1-2-5-18(16)22)12-19(23)20-6-3-11-24-20/h3,6-11,16-17H,1-2,4-5,12H2. The van der Waals surface area contributed by atoms with E-state index in [2.05, 4.69) is 6.07 Å². The van der Waals surface area contributed by atoms with Crippen LogP contribution in [0.1, 0.15) is 59.7 Å². The Morgan fingerprint density at radius 2 is 2.04 bits per heavy atom. The van der Waals surface area contributed by atoms with E-state index in [0.29, 0.717) is 17.7 Å². The monoisotopic (exact) mass is 321 g/mol. The first-order valence-electron chi connectivity index (χ1n) is 8.28. The molecule has 0 radical (unpaired) electrons. The van der Waals surface area contributed by atoms with Crippen LogP contribution in [0.2, 0.25) is 0 Å². The van der Waals surface area contributed by atoms with Gasteiger partial charge >= 0.3 is 0 Å². The third kappa shape index (κ3) is 3.46. The van der Waals surface area contributed by atoms with Crippen LogP contribution in [0, 0.1) is 17.2 Å². The number of furan rings is 1. The number of carbonyl (C=O) groups excluding carboxylic acids is 2. The zero-order valence-corrected chi connectivity index (χ0v) is 13.4. The third-order valence-corrected chi connectivity index (χ3v) is 4.76. The molecule has 1 aromatic carbocycles. The van der Waals surface area contributed by atoms with Gasteiger partial charge in [0.25, 0.3) is 0 Å². The van der Waals surface area contributed by atoms with Gasteiger partial charge in [-0.1, -0.05) is 18.6 Å². The number of hydrogen-bond acceptors (Lipinski definition) is 4. The number of ketones is 2. The summed E-state index contributed by atoms with van der Waals surface area (Å²) in [6.07, 6.45) is 5.08. The molecule has 122 valence electrons. The second-order valence-corrected chi connectivity index (χ2v) is 6.26. The maximum absolute atomic E-state index is 12.5. The molecule has 2 unspecified atom stereocenters. The number of rotatable bonds is 5. The van der Waals surface area contributed by atoms with E-state index in [9.17, 15) is 9.59 Å². The van der Waals surface area contributed by atoms with Crippen LogP contribution >= 0.6 is 0 Å². The summed E-state index contributed by atoms with van der Waals surface area (Å²) in [6.45, 7) is 0. The summed E-state index contributed by atoms with van der Waals surface area (Å²) in [6, 6.07) is 12.6. The molecule has 0 aliphatic heterocycles. The predicted molar refractivity (Wildman–Crippen MR) is 88.5 cm³/mol. The van der Waals surface area contributed by atoms with Crippen molar-refractivity contribution in [3.8, 4) is 6.07 Å². The summed E-state index contributed by atoms with van der Waals surface area (Å²) in [5, 5.41) is 8.96. The number of carbonyl (C=O) groups is 2. The summed E-state index contributed by atoms with van der Waals surface area (Å²) in [7, 11) is 0. The van der Waals surface area contributed by atoms with Gasteiger partial charge in [-0.25, -0.2) is 0 Å². The molecular formula is C20H19NO3. The predicted octanol–water partition coefficient (Wildman–Crippen LogP) is 4.27. The summed E-state index contributed by atoms with van der Waals surface area (Å²) < 4.78 is 5.21. The first kappa shape index (κ1) is 16.2. The highest BCUT2D eigenvalue weighted by Gasteiger charge is 2.33. The van der Waals surface area contributed by atoms with Crippen LogP contribution in [0.25, 0.3) is 0 Å². The van der Waals surface area contributed by atoms with Gasteiger partial charge in [-0.2, -0.15) is 5.26 Å². The van der Waals surface area contributed by atoms with Crippen molar-refractivity contribution in [3.63, 3.8) is 0 Å². The van der Waals surface area contributed by atoms with Crippen LogP contribution < -0.4 is 0 Å². The van der Waals surface area contributed by atoms with Gasteiger partial charge in [0.2, 0.25) is 0 Å². The Morgan fingerprint density at radius 3 is 2.67 bits per heavy atom. The van der Waals surface area contributed by atoms with E-state index >= 15 is 0 Å². The molecule has 1 aliphatic rings. The zero-order valence-electron chi connectivity index (χ0n) is 13.4. The molecule has 1 saturated carbocycles. The first-order chi connectivity index (χ1) is 11.7. The quantitative estimate of drug-likeness (QED) is 0.771. The Bertz CT molecular complexity index is 753. The van der Waals surface area contributed by atoms with Gasteiger partial charge in [-0.3, -0.25) is 9.59 Å². The van der Waals surface area contributed by atoms with Crippen LogP contribution in [0.4, 0.5) is 0 Å². The van der Waals surface area contributed by atoms with Crippen molar-refractivity contribution in [1.82, 2.24) is 0 Å². The van der Waals surface area contributed by atoms with Gasteiger partial charge < -0.3 is 4.42 Å². The fourth-order valence-corrected chi connectivity index (χ4v) is 3.47. The van der Waals surface area contributed by atoms with E-state index in [0.717, 1.165) is 24.8 Å². The van der Waals surface area contributed by atoms with E-state index in [-0.39, 0.29) is 29.8 Å². The van der Waals surface area contributed by atoms with Crippen LogP contribution in [-0.4, -0.2) is 11.6 Å². The minimum Gasteiger partial charge on any atom is -0.461 e. The highest BCUT2D eigenvalue weighted by atomic mass is 16.3. The third-order valence-electron chi connectivity index (χ3n) is 4.76. The molecule has 1 fully saturated rings. The molecule has 0 N–H and O–H groups in total. The Morgan fingerprint density at radius 1 is 1.25 bits per heavy atom.